The van der Waals surface area contributed by atoms with Crippen molar-refractivity contribution in [1.82, 2.24) is 69.6 Å². The lowest BCUT2D eigenvalue weighted by molar-refractivity contribution is -0.624. The third kappa shape index (κ3) is 27.9. The van der Waals surface area contributed by atoms with Gasteiger partial charge in [-0.25, -0.2) is 58.7 Å². The Kier molecular flexibility index (Phi) is 33.3. The zero-order valence-corrected chi connectivity index (χ0v) is 78.8. The quantitative estimate of drug-likeness (QED) is 0.0208. The first-order chi connectivity index (χ1) is 57.1. The number of nitrogens with one attached hydrogen (secondary N) is 2. The Balaban J connectivity index is 0.000000176. The number of benzene rings is 1. The molecule has 1 aliphatic heterocycles. The van der Waals surface area contributed by atoms with E-state index < -0.39 is 21.8 Å². The number of rotatable bonds is 11. The molecule has 13 heterocycles. The van der Waals surface area contributed by atoms with Crippen LogP contribution in [0.5, 0.6) is 0 Å². The van der Waals surface area contributed by atoms with Gasteiger partial charge < -0.3 is 63.4 Å². The molecule has 1 aromatic carbocycles. The number of halogens is 5. The van der Waals surface area contributed by atoms with Crippen molar-refractivity contribution in [2.45, 2.75) is 172 Å². The number of ether oxygens (including phenoxy) is 1. The largest absolute Gasteiger partial charge is 0.532 e. The maximum atomic E-state index is 12.2. The molecule has 2 saturated carbocycles. The number of nitrogen functional groups attached to an aromatic ring is 4. The molecule has 0 atom stereocenters. The summed E-state index contributed by atoms with van der Waals surface area (Å²) < 4.78 is 80.8. The van der Waals surface area contributed by atoms with Crippen LogP contribution in [0.25, 0.3) is 57.1 Å². The lowest BCUT2D eigenvalue weighted by atomic mass is 9.86. The van der Waals surface area contributed by atoms with Crippen molar-refractivity contribution in [2.24, 2.45) is 17.6 Å². The molecule has 2 aliphatic carbocycles. The van der Waals surface area contributed by atoms with Gasteiger partial charge >= 0.3 is 29.1 Å². The fourth-order valence-corrected chi connectivity index (χ4v) is 13.7. The van der Waals surface area contributed by atoms with Gasteiger partial charge in [0.25, 0.3) is 0 Å². The molecular weight excluding hydrogens is 1930 g/mol. The Morgan fingerprint density at radius 2 is 1.01 bits per heavy atom. The highest BCUT2D eigenvalue weighted by Gasteiger charge is 2.53. The molecular formula is C79H94BBr5N21O15S+. The number of hydrogen-bond acceptors (Lipinski definition) is 30. The number of aldehydes is 1. The van der Waals surface area contributed by atoms with Gasteiger partial charge in [-0.3, -0.25) is 21.2 Å². The molecule has 122 heavy (non-hydrogen) atoms. The lowest BCUT2D eigenvalue weighted by Crippen LogP contribution is -2.47. The van der Waals surface area contributed by atoms with Crippen LogP contribution in [0.15, 0.2) is 154 Å². The Labute approximate surface area is 745 Å². The van der Waals surface area contributed by atoms with Gasteiger partial charge in [0.15, 0.2) is 75.1 Å². The van der Waals surface area contributed by atoms with Crippen LogP contribution in [-0.4, -0.2) is 121 Å². The summed E-state index contributed by atoms with van der Waals surface area (Å²) in [6.45, 7) is 32.8. The Morgan fingerprint density at radius 3 is 1.43 bits per heavy atom. The van der Waals surface area contributed by atoms with Crippen LogP contribution in [0.4, 0.5) is 28.1 Å². The molecule has 3 fully saturated rings. The molecule has 0 bridgehead atoms. The number of anilines is 4. The molecule has 3 aliphatic rings. The fourth-order valence-electron chi connectivity index (χ4n) is 10.7. The molecule has 13 aromatic rings. The minimum atomic E-state index is -4.10. The number of hydroxylamine groups is 1. The summed E-state index contributed by atoms with van der Waals surface area (Å²) in [5.74, 6) is 15.5. The standard InChI is InChI=1S/C15H15N5O2.C14H21NO5S.C11H17BO3.C11H9BrN4O.C9H9BrN4O.C9H8BrN3O.C4H3Br2N3.C4H7NO.C2H4O/c1-8-3-6-11(22-8)13-14-16-9(2)19-20(14)7-12(17-13)18-15(21)10-4-5-10;1-9-7-10(2)12(11(3)8-9)21(17,18)20-15-13(16)19-14(4,5)6;1-8-6-7-9(13-8)12-14-10(2,3)11(4,5)15-12;1-6-3-4-8(17-6)10-11-13-7(2)15-16(11)5-9(12)14-10;1-5-2-3-6(15-5)8-9(11)14(12)4-7(10)13-8;1-5-2-3-6(14-5)8-9(11)12-4-7(10)13-8;5-2-1-8-4(7)3(6)9-2;5-4(6)3-1-2-3;1-2-3/h3,6-7,10H,4-5H2,1-2H3,(H,18,21);7-8H,1-6H3,(H,15,16);6-7H,1-5H3;3-5H,1-2H3;2-4,11H,12H2,1H3;2-4H,1H3,(H2,11,12);1H,(H2,7,8);3H,1-2H2,(H2,5,6);2H,1H3/p+1. The molecule has 0 radical (unpaired) electrons. The van der Waals surface area contributed by atoms with E-state index >= 15 is 0 Å². The predicted octanol–water partition coefficient (Wildman–Crippen LogP) is 14.8. The Morgan fingerprint density at radius 1 is 0.582 bits per heavy atom. The molecule has 3 amide bonds. The van der Waals surface area contributed by atoms with E-state index in [9.17, 15) is 22.8 Å². The molecule has 36 nitrogen and oxygen atoms in total. The zero-order valence-electron chi connectivity index (χ0n) is 70.0. The lowest BCUT2D eigenvalue weighted by Gasteiger charge is -2.32. The van der Waals surface area contributed by atoms with Crippen LogP contribution in [0.3, 0.4) is 0 Å². The van der Waals surface area contributed by atoms with E-state index in [1.165, 1.54) is 11.6 Å². The minimum Gasteiger partial charge on any atom is -0.470 e. The van der Waals surface area contributed by atoms with Crippen LogP contribution < -0.4 is 49.9 Å². The summed E-state index contributed by atoms with van der Waals surface area (Å²) in [7, 11) is -4.49. The van der Waals surface area contributed by atoms with Crippen molar-refractivity contribution in [3.8, 4) is 45.8 Å². The van der Waals surface area contributed by atoms with Crippen molar-refractivity contribution in [1.29, 1.82) is 0 Å². The summed E-state index contributed by atoms with van der Waals surface area (Å²) in [6.07, 6.45) is 11.8. The maximum absolute atomic E-state index is 12.2. The molecule has 0 unspecified atom stereocenters. The van der Waals surface area contributed by atoms with Gasteiger partial charge in [-0.2, -0.15) is 24.1 Å². The van der Waals surface area contributed by atoms with E-state index in [4.69, 9.17) is 69.7 Å². The summed E-state index contributed by atoms with van der Waals surface area (Å²) in [4.78, 5) is 79.9. The number of primary amides is 1. The third-order valence-electron chi connectivity index (χ3n) is 17.1. The number of nitrogens with zero attached hydrogens (tertiary/aromatic N) is 14. The first-order valence-corrected chi connectivity index (χ1v) is 42.7. The zero-order chi connectivity index (χ0) is 90.2. The summed E-state index contributed by atoms with van der Waals surface area (Å²) >= 11 is 16.1. The topological polar surface area (TPSA) is 514 Å². The smallest absolute Gasteiger partial charge is 0.470 e. The second-order valence-corrected chi connectivity index (χ2v) is 34.9. The molecule has 0 spiro atoms. The van der Waals surface area contributed by atoms with Gasteiger partial charge in [-0.15, -0.1) is 8.96 Å². The molecule has 648 valence electrons. The second kappa shape index (κ2) is 41.9. The highest BCUT2D eigenvalue weighted by molar-refractivity contribution is 9.11. The predicted molar refractivity (Wildman–Crippen MR) is 474 cm³/mol. The van der Waals surface area contributed by atoms with Crippen LogP contribution in [-0.2, 0) is 42.8 Å². The number of furan rings is 5. The van der Waals surface area contributed by atoms with Gasteiger partial charge in [-0.1, -0.05) is 17.7 Å². The fraction of sp³-hybridized carbons (Fsp3) is 0.342. The average molecular weight is 2020 g/mol. The molecule has 43 heteroatoms. The Bertz CT molecular complexity index is 5930. The highest BCUT2D eigenvalue weighted by Crippen LogP contribution is 2.38. The normalized spacial score (nSPS) is 13.5. The number of aromatic nitrogens is 14. The number of carbonyl (C=O) groups excluding carboxylic acids is 4. The van der Waals surface area contributed by atoms with Crippen molar-refractivity contribution in [2.75, 3.05) is 28.4 Å². The molecule has 12 N–H and O–H groups in total. The van der Waals surface area contributed by atoms with Gasteiger partial charge in [0.2, 0.25) is 11.8 Å². The maximum Gasteiger partial charge on any atom is 0.532 e. The van der Waals surface area contributed by atoms with Crippen LogP contribution in [0, 0.1) is 81.1 Å². The van der Waals surface area contributed by atoms with E-state index in [2.05, 4.69) is 144 Å². The first-order valence-electron chi connectivity index (χ1n) is 37.3. The van der Waals surface area contributed by atoms with Crippen LogP contribution in [0.1, 0.15) is 138 Å². The number of hydrogen-bond donors (Lipinski definition) is 7. The third-order valence-corrected chi connectivity index (χ3v) is 20.7. The van der Waals surface area contributed by atoms with Crippen molar-refractivity contribution >= 4 is 161 Å². The van der Waals surface area contributed by atoms with Gasteiger partial charge in [-0.05, 0) is 302 Å². The van der Waals surface area contributed by atoms with Crippen LogP contribution in [0.2, 0.25) is 0 Å². The average Bonchev–Trinajstić information content (AvgIpc) is 1.64. The van der Waals surface area contributed by atoms with Crippen molar-refractivity contribution in [3.05, 3.63) is 184 Å². The SMILES string of the molecule is CC=O.Cc1cc(C)c(S(=O)(=O)ONC(=O)OC(C)(C)C)c(C)c1.Cc1ccc(-c2nc(Br)c[n+](N)c2N)o1.Cc1ccc(-c2nc(Br)cnc2N)o1.Cc1ccc(B2OC(C)(C)C(C)(C)O2)o1.Cc1nc2c(-c3ccc(C)o3)nc(Br)cn2n1.Cc1nc2c(-c3ccc(C)o3)nc(NC(=O)C3CC3)cn2n1.NC(=O)C1CC1.Nc1ncc(Br)nc1Br. The van der Waals surface area contributed by atoms with Crippen LogP contribution >= 0.6 is 79.6 Å². The number of amides is 3. The van der Waals surface area contributed by atoms with E-state index in [0.717, 1.165) is 72.0 Å². The van der Waals surface area contributed by atoms with E-state index in [-0.39, 0.29) is 46.9 Å². The number of carbonyl (C=O) groups is 4. The van der Waals surface area contributed by atoms with E-state index in [1.807, 2.05) is 138 Å². The summed E-state index contributed by atoms with van der Waals surface area (Å²) in [5, 5.41) is 11.4. The molecule has 16 rings (SSSR count). The highest BCUT2D eigenvalue weighted by atomic mass is 79.9. The number of fused-ring (bicyclic) bond motifs is 2. The summed E-state index contributed by atoms with van der Waals surface area (Å²) in [5.41, 5.74) is 28.6. The number of aryl methyl sites for hydroxylation is 10. The van der Waals surface area contributed by atoms with Crippen molar-refractivity contribution in [3.63, 3.8) is 0 Å². The number of nitrogens with two attached hydrogens (primary N) is 5. The van der Waals surface area contributed by atoms with E-state index in [0.29, 0.717) is 126 Å². The second-order valence-electron chi connectivity index (χ2n) is 29.5. The van der Waals surface area contributed by atoms with Crippen molar-refractivity contribution < 1.29 is 72.7 Å². The first kappa shape index (κ1) is 96.8. The van der Waals surface area contributed by atoms with Gasteiger partial charge in [0.05, 0.1) is 41.7 Å². The minimum absolute atomic E-state index is 0.00487. The molecule has 1 saturated heterocycles. The van der Waals surface area contributed by atoms with Gasteiger partial charge in [0, 0.05) is 11.8 Å². The van der Waals surface area contributed by atoms with E-state index in [1.54, 1.807) is 98.3 Å². The molecule has 12 aromatic heterocycles. The Hall–Kier alpha value is -10.7. The summed E-state index contributed by atoms with van der Waals surface area (Å²) in [6, 6.07) is 22.1. The monoisotopic (exact) mass is 2010 g/mol. The van der Waals surface area contributed by atoms with Gasteiger partial charge in [0.1, 0.15) is 85.8 Å².